The van der Waals surface area contributed by atoms with Gasteiger partial charge in [-0.25, -0.2) is 9.07 Å². The fourth-order valence-electron chi connectivity index (χ4n) is 3.07. The van der Waals surface area contributed by atoms with E-state index < -0.39 is 5.82 Å². The van der Waals surface area contributed by atoms with E-state index in [2.05, 4.69) is 10.4 Å². The SMILES string of the molecule is CC(=O)N[C@@H](C)COc1ccc2cn(-c3ccc(OCC4CC4)c(F)c3)nc2c1. The Morgan fingerprint density at radius 1 is 1.28 bits per heavy atom. The summed E-state index contributed by atoms with van der Waals surface area (Å²) in [7, 11) is 0. The first-order valence-corrected chi connectivity index (χ1v) is 9.80. The summed E-state index contributed by atoms with van der Waals surface area (Å²) in [6.07, 6.45) is 4.17. The molecule has 0 aliphatic heterocycles. The zero-order chi connectivity index (χ0) is 20.4. The summed E-state index contributed by atoms with van der Waals surface area (Å²) >= 11 is 0. The van der Waals surface area contributed by atoms with Crippen LogP contribution in [0.2, 0.25) is 0 Å². The summed E-state index contributed by atoms with van der Waals surface area (Å²) in [5.41, 5.74) is 1.36. The summed E-state index contributed by atoms with van der Waals surface area (Å²) in [6.45, 7) is 4.29. The first-order chi connectivity index (χ1) is 14.0. The molecule has 1 amide bonds. The lowest BCUT2D eigenvalue weighted by Gasteiger charge is -2.13. The Morgan fingerprint density at radius 3 is 2.83 bits per heavy atom. The molecule has 152 valence electrons. The number of ether oxygens (including phenoxy) is 2. The molecule has 0 saturated heterocycles. The maximum absolute atomic E-state index is 14.4. The number of rotatable bonds is 8. The van der Waals surface area contributed by atoms with Crippen molar-refractivity contribution in [3.63, 3.8) is 0 Å². The third-order valence-electron chi connectivity index (χ3n) is 4.78. The van der Waals surface area contributed by atoms with E-state index in [4.69, 9.17) is 9.47 Å². The van der Waals surface area contributed by atoms with Gasteiger partial charge in [0.25, 0.3) is 0 Å². The minimum Gasteiger partial charge on any atom is -0.491 e. The zero-order valence-electron chi connectivity index (χ0n) is 16.5. The smallest absolute Gasteiger partial charge is 0.217 e. The van der Waals surface area contributed by atoms with Crippen LogP contribution in [0.15, 0.2) is 42.6 Å². The molecule has 1 aliphatic rings. The minimum atomic E-state index is -0.390. The third-order valence-corrected chi connectivity index (χ3v) is 4.78. The summed E-state index contributed by atoms with van der Waals surface area (Å²) in [6, 6.07) is 10.4. The van der Waals surface area contributed by atoms with Crippen LogP contribution in [0.1, 0.15) is 26.7 Å². The minimum absolute atomic E-state index is 0.0912. The standard InChI is InChI=1S/C22H24FN3O3/c1-14(24-15(2)27)12-28-19-7-5-17-11-26(25-21(17)10-19)18-6-8-22(20(23)9-18)29-13-16-3-4-16/h5-11,14,16H,3-4,12-13H2,1-2H3,(H,24,27)/t14-/m0/s1. The Hall–Kier alpha value is -3.09. The van der Waals surface area contributed by atoms with E-state index in [1.165, 1.54) is 13.0 Å². The lowest BCUT2D eigenvalue weighted by Crippen LogP contribution is -2.35. The fourth-order valence-corrected chi connectivity index (χ4v) is 3.07. The van der Waals surface area contributed by atoms with Gasteiger partial charge in [0.15, 0.2) is 11.6 Å². The number of benzene rings is 2. The Balaban J connectivity index is 1.46. The first kappa shape index (κ1) is 19.2. The molecule has 2 aromatic carbocycles. The van der Waals surface area contributed by atoms with E-state index in [1.807, 2.05) is 31.3 Å². The molecule has 6 nitrogen and oxygen atoms in total. The number of halogens is 1. The van der Waals surface area contributed by atoms with Gasteiger partial charge >= 0.3 is 0 Å². The second-order valence-corrected chi connectivity index (χ2v) is 7.58. The number of amides is 1. The lowest BCUT2D eigenvalue weighted by molar-refractivity contribution is -0.119. The molecule has 1 heterocycles. The highest BCUT2D eigenvalue weighted by Crippen LogP contribution is 2.30. The first-order valence-electron chi connectivity index (χ1n) is 9.80. The molecule has 0 unspecified atom stereocenters. The van der Waals surface area contributed by atoms with Crippen molar-refractivity contribution in [1.29, 1.82) is 0 Å². The second-order valence-electron chi connectivity index (χ2n) is 7.58. The largest absolute Gasteiger partial charge is 0.491 e. The van der Waals surface area contributed by atoms with Crippen molar-refractivity contribution in [3.05, 3.63) is 48.4 Å². The maximum atomic E-state index is 14.4. The molecule has 3 aromatic rings. The molecule has 1 saturated carbocycles. The van der Waals surface area contributed by atoms with E-state index in [0.29, 0.717) is 30.6 Å². The van der Waals surface area contributed by atoms with Crippen molar-refractivity contribution >= 4 is 16.8 Å². The molecule has 7 heteroatoms. The van der Waals surface area contributed by atoms with Gasteiger partial charge in [-0.3, -0.25) is 4.79 Å². The zero-order valence-corrected chi connectivity index (χ0v) is 16.5. The van der Waals surface area contributed by atoms with Crippen molar-refractivity contribution in [2.24, 2.45) is 5.92 Å². The number of aromatic nitrogens is 2. The number of carbonyl (C=O) groups is 1. The Labute approximate surface area is 168 Å². The van der Waals surface area contributed by atoms with E-state index >= 15 is 0 Å². The van der Waals surface area contributed by atoms with Crippen LogP contribution in [-0.2, 0) is 4.79 Å². The summed E-state index contributed by atoms with van der Waals surface area (Å²) in [5.74, 6) is 1.03. The predicted octanol–water partition coefficient (Wildman–Crippen LogP) is 3.86. The number of fused-ring (bicyclic) bond motifs is 1. The van der Waals surface area contributed by atoms with Crippen molar-refractivity contribution < 1.29 is 18.7 Å². The summed E-state index contributed by atoms with van der Waals surface area (Å²) in [5, 5.41) is 8.23. The predicted molar refractivity (Wildman–Crippen MR) is 108 cm³/mol. The Kier molecular flexibility index (Phi) is 5.38. The molecular formula is C22H24FN3O3. The van der Waals surface area contributed by atoms with Gasteiger partial charge in [-0.05, 0) is 49.9 Å². The molecule has 1 aliphatic carbocycles. The Bertz CT molecular complexity index is 1030. The van der Waals surface area contributed by atoms with Gasteiger partial charge in [0, 0.05) is 30.6 Å². The highest BCUT2D eigenvalue weighted by Gasteiger charge is 2.22. The van der Waals surface area contributed by atoms with Crippen LogP contribution in [0, 0.1) is 11.7 Å². The average molecular weight is 397 g/mol. The van der Waals surface area contributed by atoms with E-state index in [0.717, 1.165) is 23.7 Å². The molecule has 0 spiro atoms. The van der Waals surface area contributed by atoms with Gasteiger partial charge in [-0.15, -0.1) is 0 Å². The molecule has 0 radical (unpaired) electrons. The highest BCUT2D eigenvalue weighted by molar-refractivity contribution is 5.80. The number of hydrogen-bond acceptors (Lipinski definition) is 4. The van der Waals surface area contributed by atoms with Gasteiger partial charge < -0.3 is 14.8 Å². The van der Waals surface area contributed by atoms with Crippen molar-refractivity contribution in [3.8, 4) is 17.2 Å². The van der Waals surface area contributed by atoms with Crippen LogP contribution in [0.25, 0.3) is 16.6 Å². The van der Waals surface area contributed by atoms with Crippen molar-refractivity contribution in [2.75, 3.05) is 13.2 Å². The van der Waals surface area contributed by atoms with Crippen LogP contribution in [0.4, 0.5) is 4.39 Å². The topological polar surface area (TPSA) is 65.4 Å². The van der Waals surface area contributed by atoms with Gasteiger partial charge in [0.05, 0.1) is 23.9 Å². The molecule has 4 rings (SSSR count). The van der Waals surface area contributed by atoms with Crippen LogP contribution >= 0.6 is 0 Å². The summed E-state index contributed by atoms with van der Waals surface area (Å²) in [4.78, 5) is 11.1. The van der Waals surface area contributed by atoms with Crippen molar-refractivity contribution in [2.45, 2.75) is 32.7 Å². The summed E-state index contributed by atoms with van der Waals surface area (Å²) < 4.78 is 27.3. The molecule has 0 bridgehead atoms. The number of carbonyl (C=O) groups excluding carboxylic acids is 1. The molecule has 29 heavy (non-hydrogen) atoms. The van der Waals surface area contributed by atoms with Gasteiger partial charge in [0.2, 0.25) is 5.91 Å². The van der Waals surface area contributed by atoms with Gasteiger partial charge in [-0.2, -0.15) is 5.10 Å². The van der Waals surface area contributed by atoms with Gasteiger partial charge in [-0.1, -0.05) is 0 Å². The number of hydrogen-bond donors (Lipinski definition) is 1. The third kappa shape index (κ3) is 4.85. The van der Waals surface area contributed by atoms with Gasteiger partial charge in [0.1, 0.15) is 12.4 Å². The second kappa shape index (κ2) is 8.11. The number of nitrogens with one attached hydrogen (secondary N) is 1. The highest BCUT2D eigenvalue weighted by atomic mass is 19.1. The van der Waals surface area contributed by atoms with Crippen molar-refractivity contribution in [1.82, 2.24) is 15.1 Å². The van der Waals surface area contributed by atoms with E-state index in [-0.39, 0.29) is 17.7 Å². The van der Waals surface area contributed by atoms with E-state index in [1.54, 1.807) is 16.8 Å². The fraction of sp³-hybridized carbons (Fsp3) is 0.364. The average Bonchev–Trinajstić information content (AvgIpc) is 3.41. The molecule has 1 aromatic heterocycles. The normalized spacial score (nSPS) is 14.6. The quantitative estimate of drug-likeness (QED) is 0.627. The maximum Gasteiger partial charge on any atom is 0.217 e. The van der Waals surface area contributed by atoms with E-state index in [9.17, 15) is 9.18 Å². The Morgan fingerprint density at radius 2 is 2.10 bits per heavy atom. The van der Waals surface area contributed by atoms with Crippen LogP contribution in [0.3, 0.4) is 0 Å². The monoisotopic (exact) mass is 397 g/mol. The number of nitrogens with zero attached hydrogens (tertiary/aromatic N) is 2. The van der Waals surface area contributed by atoms with Crippen LogP contribution in [0.5, 0.6) is 11.5 Å². The lowest BCUT2D eigenvalue weighted by atomic mass is 10.2. The van der Waals surface area contributed by atoms with Crippen LogP contribution in [-0.4, -0.2) is 34.9 Å². The molecular weight excluding hydrogens is 373 g/mol. The van der Waals surface area contributed by atoms with Crippen LogP contribution < -0.4 is 14.8 Å². The molecule has 1 N–H and O–H groups in total. The molecule has 1 fully saturated rings. The molecule has 1 atom stereocenters.